The molecule has 0 radical (unpaired) electrons. The van der Waals surface area contributed by atoms with E-state index in [1.807, 2.05) is 52.0 Å². The average molecular weight is 381 g/mol. The van der Waals surface area contributed by atoms with Crippen molar-refractivity contribution >= 4 is 27.7 Å². The Kier molecular flexibility index (Phi) is 6.01. The zero-order chi connectivity index (χ0) is 17.1. The van der Waals surface area contributed by atoms with E-state index in [0.29, 0.717) is 12.8 Å². The minimum Gasteiger partial charge on any atom is -0.461 e. The first-order valence-corrected chi connectivity index (χ1v) is 9.09. The fourth-order valence-electron chi connectivity index (χ4n) is 3.46. The Morgan fingerprint density at radius 1 is 1.13 bits per heavy atom. The van der Waals surface area contributed by atoms with Crippen LogP contribution in [0, 0.1) is 17.8 Å². The molecule has 2 rings (SSSR count). The molecule has 23 heavy (non-hydrogen) atoms. The van der Waals surface area contributed by atoms with Crippen molar-refractivity contribution in [2.45, 2.75) is 52.6 Å². The van der Waals surface area contributed by atoms with Crippen molar-refractivity contribution in [1.29, 1.82) is 0 Å². The van der Waals surface area contributed by atoms with Crippen LogP contribution in [0.4, 0.5) is 0 Å². The lowest BCUT2D eigenvalue weighted by molar-refractivity contribution is -0.161. The SMILES string of the molecule is CC(C)C(OC(=O)[C@@H]1C(=O)CC[C@H]1c1ccc(Br)cc1)C(C)C. The van der Waals surface area contributed by atoms with E-state index < -0.39 is 5.92 Å². The molecule has 0 amide bonds. The number of benzene rings is 1. The summed E-state index contributed by atoms with van der Waals surface area (Å²) in [5.74, 6) is -0.593. The van der Waals surface area contributed by atoms with E-state index in [0.717, 1.165) is 10.0 Å². The van der Waals surface area contributed by atoms with Gasteiger partial charge in [0.1, 0.15) is 17.8 Å². The predicted octanol–water partition coefficient (Wildman–Crippen LogP) is 4.74. The van der Waals surface area contributed by atoms with Gasteiger partial charge in [0.25, 0.3) is 0 Å². The molecule has 0 saturated heterocycles. The van der Waals surface area contributed by atoms with Crippen LogP contribution in [-0.4, -0.2) is 17.9 Å². The molecule has 4 heteroatoms. The van der Waals surface area contributed by atoms with Crippen LogP contribution in [0.1, 0.15) is 52.0 Å². The molecule has 0 bridgehead atoms. The number of rotatable bonds is 5. The highest BCUT2D eigenvalue weighted by molar-refractivity contribution is 9.10. The zero-order valence-corrected chi connectivity index (χ0v) is 15.8. The molecule has 1 aromatic carbocycles. The first-order chi connectivity index (χ1) is 10.8. The van der Waals surface area contributed by atoms with Gasteiger partial charge in [-0.25, -0.2) is 0 Å². The highest BCUT2D eigenvalue weighted by atomic mass is 79.9. The monoisotopic (exact) mass is 380 g/mol. The molecule has 2 atom stereocenters. The Morgan fingerprint density at radius 2 is 1.70 bits per heavy atom. The van der Waals surface area contributed by atoms with E-state index in [4.69, 9.17) is 4.74 Å². The maximum absolute atomic E-state index is 12.7. The Balaban J connectivity index is 2.19. The van der Waals surface area contributed by atoms with Crippen LogP contribution in [0.3, 0.4) is 0 Å². The number of halogens is 1. The van der Waals surface area contributed by atoms with Crippen molar-refractivity contribution in [2.24, 2.45) is 17.8 Å². The lowest BCUT2D eigenvalue weighted by atomic mass is 9.88. The van der Waals surface area contributed by atoms with Gasteiger partial charge in [-0.3, -0.25) is 9.59 Å². The molecule has 0 aliphatic heterocycles. The van der Waals surface area contributed by atoms with Crippen LogP contribution in [0.2, 0.25) is 0 Å². The lowest BCUT2D eigenvalue weighted by Gasteiger charge is -2.27. The number of carbonyl (C=O) groups is 2. The van der Waals surface area contributed by atoms with Gasteiger partial charge in [-0.05, 0) is 36.0 Å². The number of carbonyl (C=O) groups excluding carboxylic acids is 2. The third kappa shape index (κ3) is 4.23. The first kappa shape index (κ1) is 18.2. The molecule has 1 aliphatic rings. The van der Waals surface area contributed by atoms with Crippen LogP contribution in [0.25, 0.3) is 0 Å². The molecule has 126 valence electrons. The largest absolute Gasteiger partial charge is 0.461 e. The molecule has 0 heterocycles. The van der Waals surface area contributed by atoms with Gasteiger partial charge < -0.3 is 4.74 Å². The molecule has 3 nitrogen and oxygen atoms in total. The minimum atomic E-state index is -0.656. The number of ketones is 1. The summed E-state index contributed by atoms with van der Waals surface area (Å²) in [6.45, 7) is 8.17. The molecule has 1 fully saturated rings. The number of ether oxygens (including phenoxy) is 1. The quantitative estimate of drug-likeness (QED) is 0.547. The summed E-state index contributed by atoms with van der Waals surface area (Å²) in [5.41, 5.74) is 1.03. The van der Waals surface area contributed by atoms with Crippen LogP contribution in [0.5, 0.6) is 0 Å². The highest BCUT2D eigenvalue weighted by Crippen LogP contribution is 2.39. The highest BCUT2D eigenvalue weighted by Gasteiger charge is 2.43. The third-order valence-electron chi connectivity index (χ3n) is 4.57. The summed E-state index contributed by atoms with van der Waals surface area (Å²) in [6.07, 6.45) is 1.02. The molecule has 0 spiro atoms. The van der Waals surface area contributed by atoms with E-state index in [1.54, 1.807) is 0 Å². The van der Waals surface area contributed by atoms with Gasteiger partial charge in [0.05, 0.1) is 0 Å². The van der Waals surface area contributed by atoms with Crippen LogP contribution in [-0.2, 0) is 14.3 Å². The van der Waals surface area contributed by atoms with Gasteiger partial charge in [0.2, 0.25) is 0 Å². The molecule has 1 saturated carbocycles. The molecule has 1 aliphatic carbocycles. The van der Waals surface area contributed by atoms with Crippen molar-refractivity contribution in [3.05, 3.63) is 34.3 Å². The number of Topliss-reactive ketones (excluding diaryl/α,β-unsaturated/α-hetero) is 1. The number of hydrogen-bond donors (Lipinski definition) is 0. The van der Waals surface area contributed by atoms with Gasteiger partial charge in [0.15, 0.2) is 0 Å². The van der Waals surface area contributed by atoms with E-state index >= 15 is 0 Å². The van der Waals surface area contributed by atoms with Crippen molar-refractivity contribution in [2.75, 3.05) is 0 Å². The lowest BCUT2D eigenvalue weighted by Crippen LogP contribution is -2.34. The second-order valence-corrected chi connectivity index (χ2v) is 7.95. The summed E-state index contributed by atoms with van der Waals surface area (Å²) in [7, 11) is 0. The molecule has 1 aromatic rings. The van der Waals surface area contributed by atoms with E-state index in [-0.39, 0.29) is 35.6 Å². The zero-order valence-electron chi connectivity index (χ0n) is 14.2. The Bertz CT molecular complexity index is 554. The van der Waals surface area contributed by atoms with Crippen molar-refractivity contribution in [1.82, 2.24) is 0 Å². The van der Waals surface area contributed by atoms with E-state index in [9.17, 15) is 9.59 Å². The standard InChI is InChI=1S/C19H25BrO3/c1-11(2)18(12(3)4)23-19(22)17-15(9-10-16(17)21)13-5-7-14(20)8-6-13/h5-8,11-12,15,17-18H,9-10H2,1-4H3/t15-,17-/m0/s1. The Hall–Kier alpha value is -1.16. The van der Waals surface area contributed by atoms with Crippen molar-refractivity contribution in [3.8, 4) is 0 Å². The maximum atomic E-state index is 12.7. The number of hydrogen-bond acceptors (Lipinski definition) is 3. The second-order valence-electron chi connectivity index (χ2n) is 7.03. The minimum absolute atomic E-state index is 0.00850. The van der Waals surface area contributed by atoms with Crippen molar-refractivity contribution in [3.63, 3.8) is 0 Å². The summed E-state index contributed by atoms with van der Waals surface area (Å²) in [6, 6.07) is 7.86. The fraction of sp³-hybridized carbons (Fsp3) is 0.579. The van der Waals surface area contributed by atoms with Gasteiger partial charge in [-0.2, -0.15) is 0 Å². The van der Waals surface area contributed by atoms with E-state index in [2.05, 4.69) is 15.9 Å². The summed E-state index contributed by atoms with van der Waals surface area (Å²) in [4.78, 5) is 25.0. The summed E-state index contributed by atoms with van der Waals surface area (Å²) in [5, 5.41) is 0. The smallest absolute Gasteiger partial charge is 0.317 e. The predicted molar refractivity (Wildman–Crippen MR) is 94.2 cm³/mol. The second kappa shape index (κ2) is 7.61. The summed E-state index contributed by atoms with van der Waals surface area (Å²) < 4.78 is 6.72. The first-order valence-electron chi connectivity index (χ1n) is 8.30. The van der Waals surface area contributed by atoms with Gasteiger partial charge in [-0.15, -0.1) is 0 Å². The van der Waals surface area contributed by atoms with Gasteiger partial charge >= 0.3 is 5.97 Å². The van der Waals surface area contributed by atoms with Crippen LogP contribution in [0.15, 0.2) is 28.7 Å². The fourth-order valence-corrected chi connectivity index (χ4v) is 3.72. The Labute approximate surface area is 146 Å². The van der Waals surface area contributed by atoms with Crippen LogP contribution >= 0.6 is 15.9 Å². The summed E-state index contributed by atoms with van der Waals surface area (Å²) >= 11 is 3.42. The topological polar surface area (TPSA) is 43.4 Å². The van der Waals surface area contributed by atoms with Gasteiger partial charge in [-0.1, -0.05) is 55.8 Å². The number of esters is 1. The third-order valence-corrected chi connectivity index (χ3v) is 5.10. The van der Waals surface area contributed by atoms with Crippen LogP contribution < -0.4 is 0 Å². The molecular formula is C19H25BrO3. The maximum Gasteiger partial charge on any atom is 0.317 e. The van der Waals surface area contributed by atoms with E-state index in [1.165, 1.54) is 0 Å². The molecule has 0 aromatic heterocycles. The molecule has 0 unspecified atom stereocenters. The van der Waals surface area contributed by atoms with Gasteiger partial charge in [0, 0.05) is 16.8 Å². The van der Waals surface area contributed by atoms with Crippen molar-refractivity contribution < 1.29 is 14.3 Å². The average Bonchev–Trinajstić information content (AvgIpc) is 2.86. The normalized spacial score (nSPS) is 21.5. The molecule has 0 N–H and O–H groups in total. The Morgan fingerprint density at radius 3 is 2.22 bits per heavy atom. The molecular weight excluding hydrogens is 356 g/mol.